The molecule has 0 spiro atoms. The number of pyridine rings is 1. The highest BCUT2D eigenvalue weighted by Gasteiger charge is 2.12. The molecule has 0 atom stereocenters. The second kappa shape index (κ2) is 6.72. The van der Waals surface area contributed by atoms with E-state index >= 15 is 0 Å². The molecule has 2 N–H and O–H groups in total. The highest BCUT2D eigenvalue weighted by Crippen LogP contribution is 2.19. The Bertz CT molecular complexity index is 612. The van der Waals surface area contributed by atoms with E-state index in [1.54, 1.807) is 24.5 Å². The van der Waals surface area contributed by atoms with Crippen LogP contribution in [0.15, 0.2) is 23.7 Å². The Balaban J connectivity index is 2.09. The van der Waals surface area contributed by atoms with Crippen LogP contribution in [0.25, 0.3) is 0 Å². The van der Waals surface area contributed by atoms with Gasteiger partial charge in [-0.05, 0) is 29.5 Å². The quantitative estimate of drug-likeness (QED) is 0.890. The summed E-state index contributed by atoms with van der Waals surface area (Å²) in [4.78, 5) is 17.4. The number of carbonyl (C=O) groups excluding carboxylic acids is 1. The fourth-order valence-electron chi connectivity index (χ4n) is 1.84. The van der Waals surface area contributed by atoms with Crippen molar-refractivity contribution in [3.63, 3.8) is 0 Å². The standard InChI is InChI=1S/C14H16ClN3OS/c1-3-9-4-5-20-12(9)8-18-14(19)10-6-13(16-2)17-7-11(10)15/h4-7H,3,8H2,1-2H3,(H,16,17)(H,18,19). The first-order valence-corrected chi connectivity index (χ1v) is 7.58. The molecular formula is C14H16ClN3OS. The van der Waals surface area contributed by atoms with Crippen molar-refractivity contribution in [3.05, 3.63) is 44.7 Å². The summed E-state index contributed by atoms with van der Waals surface area (Å²) in [7, 11) is 1.75. The number of rotatable bonds is 5. The van der Waals surface area contributed by atoms with Gasteiger partial charge in [0.1, 0.15) is 5.82 Å². The van der Waals surface area contributed by atoms with Crippen LogP contribution < -0.4 is 10.6 Å². The van der Waals surface area contributed by atoms with E-state index in [0.29, 0.717) is 22.9 Å². The van der Waals surface area contributed by atoms with E-state index in [1.165, 1.54) is 16.6 Å². The molecule has 2 aromatic rings. The molecule has 0 aliphatic rings. The van der Waals surface area contributed by atoms with Crippen molar-refractivity contribution in [1.82, 2.24) is 10.3 Å². The van der Waals surface area contributed by atoms with E-state index in [4.69, 9.17) is 11.6 Å². The summed E-state index contributed by atoms with van der Waals surface area (Å²) in [6.07, 6.45) is 2.44. The van der Waals surface area contributed by atoms with Gasteiger partial charge in [-0.15, -0.1) is 11.3 Å². The molecule has 1 amide bonds. The van der Waals surface area contributed by atoms with Crippen LogP contribution in [-0.2, 0) is 13.0 Å². The maximum absolute atomic E-state index is 12.2. The molecule has 0 unspecified atom stereocenters. The molecule has 20 heavy (non-hydrogen) atoms. The van der Waals surface area contributed by atoms with Gasteiger partial charge in [0.05, 0.1) is 17.1 Å². The molecule has 0 aliphatic carbocycles. The summed E-state index contributed by atoms with van der Waals surface area (Å²) < 4.78 is 0. The first-order valence-electron chi connectivity index (χ1n) is 6.32. The Kier molecular flexibility index (Phi) is 4.98. The number of thiophene rings is 1. The van der Waals surface area contributed by atoms with E-state index in [0.717, 1.165) is 6.42 Å². The average Bonchev–Trinajstić information content (AvgIpc) is 2.92. The predicted octanol–water partition coefficient (Wildman–Crippen LogP) is 3.33. The second-order valence-electron chi connectivity index (χ2n) is 4.20. The fraction of sp³-hybridized carbons (Fsp3) is 0.286. The molecule has 0 saturated carbocycles. The summed E-state index contributed by atoms with van der Waals surface area (Å²) in [6, 6.07) is 3.73. The molecule has 2 aromatic heterocycles. The van der Waals surface area contributed by atoms with Crippen LogP contribution in [0, 0.1) is 0 Å². The van der Waals surface area contributed by atoms with Crippen molar-refractivity contribution < 1.29 is 4.79 Å². The van der Waals surface area contributed by atoms with Gasteiger partial charge in [-0.3, -0.25) is 4.79 Å². The summed E-state index contributed by atoms with van der Waals surface area (Å²) in [6.45, 7) is 2.62. The van der Waals surface area contributed by atoms with Gasteiger partial charge >= 0.3 is 0 Å². The summed E-state index contributed by atoms with van der Waals surface area (Å²) in [5.74, 6) is 0.425. The normalized spacial score (nSPS) is 10.3. The number of aryl methyl sites for hydroxylation is 1. The van der Waals surface area contributed by atoms with E-state index in [2.05, 4.69) is 28.6 Å². The number of nitrogens with one attached hydrogen (secondary N) is 2. The zero-order valence-corrected chi connectivity index (χ0v) is 12.9. The smallest absolute Gasteiger partial charge is 0.253 e. The van der Waals surface area contributed by atoms with Crippen LogP contribution in [0.5, 0.6) is 0 Å². The van der Waals surface area contributed by atoms with Crippen molar-refractivity contribution in [3.8, 4) is 0 Å². The monoisotopic (exact) mass is 309 g/mol. The molecular weight excluding hydrogens is 294 g/mol. The third-order valence-electron chi connectivity index (χ3n) is 2.98. The molecule has 0 radical (unpaired) electrons. The maximum Gasteiger partial charge on any atom is 0.253 e. The van der Waals surface area contributed by atoms with Crippen molar-refractivity contribution in [1.29, 1.82) is 0 Å². The Hall–Kier alpha value is -1.59. The van der Waals surface area contributed by atoms with Crippen molar-refractivity contribution >= 4 is 34.7 Å². The molecule has 0 aromatic carbocycles. The molecule has 4 nitrogen and oxygen atoms in total. The van der Waals surface area contributed by atoms with Crippen LogP contribution in [0.1, 0.15) is 27.7 Å². The van der Waals surface area contributed by atoms with Crippen LogP contribution in [0.3, 0.4) is 0 Å². The topological polar surface area (TPSA) is 54.0 Å². The van der Waals surface area contributed by atoms with E-state index in [-0.39, 0.29) is 5.91 Å². The van der Waals surface area contributed by atoms with Gasteiger partial charge in [0, 0.05) is 18.1 Å². The number of aromatic nitrogens is 1. The molecule has 6 heteroatoms. The number of nitrogens with zero attached hydrogens (tertiary/aromatic N) is 1. The summed E-state index contributed by atoms with van der Waals surface area (Å²) >= 11 is 7.67. The first kappa shape index (κ1) is 14.8. The maximum atomic E-state index is 12.2. The summed E-state index contributed by atoms with van der Waals surface area (Å²) in [5, 5.41) is 8.18. The minimum atomic E-state index is -0.190. The van der Waals surface area contributed by atoms with Gasteiger partial charge in [0.25, 0.3) is 5.91 Å². The second-order valence-corrected chi connectivity index (χ2v) is 5.61. The van der Waals surface area contributed by atoms with E-state index in [1.807, 2.05) is 5.38 Å². The number of hydrogen-bond acceptors (Lipinski definition) is 4. The van der Waals surface area contributed by atoms with Crippen molar-refractivity contribution in [2.45, 2.75) is 19.9 Å². The summed E-state index contributed by atoms with van der Waals surface area (Å²) in [5.41, 5.74) is 1.70. The third-order valence-corrected chi connectivity index (χ3v) is 4.25. The molecule has 2 rings (SSSR count). The zero-order valence-electron chi connectivity index (χ0n) is 11.4. The minimum absolute atomic E-state index is 0.190. The predicted molar refractivity (Wildman–Crippen MR) is 83.7 cm³/mol. The lowest BCUT2D eigenvalue weighted by atomic mass is 10.2. The van der Waals surface area contributed by atoms with E-state index in [9.17, 15) is 4.79 Å². The Labute approximate surface area is 127 Å². The van der Waals surface area contributed by atoms with Gasteiger partial charge in [0.15, 0.2) is 0 Å². The number of carbonyl (C=O) groups is 1. The highest BCUT2D eigenvalue weighted by atomic mass is 35.5. The lowest BCUT2D eigenvalue weighted by Crippen LogP contribution is -2.23. The van der Waals surface area contributed by atoms with Crippen LogP contribution >= 0.6 is 22.9 Å². The Morgan fingerprint density at radius 1 is 1.50 bits per heavy atom. The number of amides is 1. The number of anilines is 1. The fourth-order valence-corrected chi connectivity index (χ4v) is 2.95. The average molecular weight is 310 g/mol. The largest absolute Gasteiger partial charge is 0.373 e. The Morgan fingerprint density at radius 2 is 2.30 bits per heavy atom. The van der Waals surface area contributed by atoms with Gasteiger partial charge in [-0.2, -0.15) is 0 Å². The first-order chi connectivity index (χ1) is 9.65. The molecule has 0 bridgehead atoms. The molecule has 0 saturated heterocycles. The lowest BCUT2D eigenvalue weighted by molar-refractivity contribution is 0.0951. The highest BCUT2D eigenvalue weighted by molar-refractivity contribution is 7.10. The Morgan fingerprint density at radius 3 is 3.00 bits per heavy atom. The minimum Gasteiger partial charge on any atom is -0.373 e. The van der Waals surface area contributed by atoms with Crippen LogP contribution in [-0.4, -0.2) is 17.9 Å². The van der Waals surface area contributed by atoms with Crippen LogP contribution in [0.4, 0.5) is 5.82 Å². The van der Waals surface area contributed by atoms with Gasteiger partial charge < -0.3 is 10.6 Å². The number of halogens is 1. The van der Waals surface area contributed by atoms with Gasteiger partial charge in [0.2, 0.25) is 0 Å². The SMILES string of the molecule is CCc1ccsc1CNC(=O)c1cc(NC)ncc1Cl. The van der Waals surface area contributed by atoms with Crippen LogP contribution in [0.2, 0.25) is 5.02 Å². The van der Waals surface area contributed by atoms with Gasteiger partial charge in [-0.25, -0.2) is 4.98 Å². The molecule has 2 heterocycles. The lowest BCUT2D eigenvalue weighted by Gasteiger charge is -2.08. The molecule has 106 valence electrons. The number of hydrogen-bond donors (Lipinski definition) is 2. The van der Waals surface area contributed by atoms with E-state index < -0.39 is 0 Å². The molecule has 0 fully saturated rings. The third kappa shape index (κ3) is 3.29. The van der Waals surface area contributed by atoms with Crippen molar-refractivity contribution in [2.75, 3.05) is 12.4 Å². The van der Waals surface area contributed by atoms with Crippen molar-refractivity contribution in [2.24, 2.45) is 0 Å². The van der Waals surface area contributed by atoms with Gasteiger partial charge in [-0.1, -0.05) is 18.5 Å². The zero-order chi connectivity index (χ0) is 14.5. The molecule has 0 aliphatic heterocycles.